The molecule has 0 saturated carbocycles. The number of anilines is 1. The van der Waals surface area contributed by atoms with Gasteiger partial charge in [0, 0.05) is 6.54 Å². The Labute approximate surface area is 151 Å². The summed E-state index contributed by atoms with van der Waals surface area (Å²) in [7, 11) is 0. The topological polar surface area (TPSA) is 75.4 Å². The van der Waals surface area contributed by atoms with Crippen LogP contribution in [0.5, 0.6) is 0 Å². The third kappa shape index (κ3) is 4.34. The molecule has 2 aromatic rings. The van der Waals surface area contributed by atoms with Crippen LogP contribution in [0.3, 0.4) is 0 Å². The van der Waals surface area contributed by atoms with Crippen molar-refractivity contribution in [1.29, 1.82) is 0 Å². The molecule has 0 aliphatic carbocycles. The maximum Gasteiger partial charge on any atom is 0.416 e. The number of hydrogen-bond donors (Lipinski definition) is 1. The predicted molar refractivity (Wildman–Crippen MR) is 90.0 cm³/mol. The standard InChI is InChI=1S/C16H15ClF3N3O3/c1-2-6-22(9-13(24)25)12-8-21-23(15(26)14(12)17)11-5-3-4-10(7-11)16(18,19)20/h3-5,7-8H,2,6,9H2,1H3,(H,24,25). The number of hydrogen-bond acceptors (Lipinski definition) is 4. The largest absolute Gasteiger partial charge is 0.480 e. The van der Waals surface area contributed by atoms with E-state index in [1.807, 2.05) is 6.92 Å². The van der Waals surface area contributed by atoms with Crippen molar-refractivity contribution in [3.63, 3.8) is 0 Å². The maximum atomic E-state index is 12.8. The van der Waals surface area contributed by atoms with Gasteiger partial charge in [0.1, 0.15) is 11.6 Å². The molecule has 26 heavy (non-hydrogen) atoms. The molecule has 140 valence electrons. The van der Waals surface area contributed by atoms with E-state index in [1.165, 1.54) is 17.2 Å². The van der Waals surface area contributed by atoms with Gasteiger partial charge in [-0.1, -0.05) is 24.6 Å². The van der Waals surface area contributed by atoms with Gasteiger partial charge >= 0.3 is 12.1 Å². The number of carboxylic acids is 1. The number of aliphatic carboxylic acids is 1. The molecule has 0 atom stereocenters. The number of carboxylic acid groups (broad SMARTS) is 1. The predicted octanol–water partition coefficient (Wildman–Crippen LogP) is 3.21. The fourth-order valence-corrected chi connectivity index (χ4v) is 2.61. The van der Waals surface area contributed by atoms with Crippen LogP contribution in [-0.4, -0.2) is 33.9 Å². The summed E-state index contributed by atoms with van der Waals surface area (Å²) in [5.74, 6) is -1.11. The highest BCUT2D eigenvalue weighted by molar-refractivity contribution is 6.33. The van der Waals surface area contributed by atoms with Crippen LogP contribution in [-0.2, 0) is 11.0 Å². The summed E-state index contributed by atoms with van der Waals surface area (Å²) in [4.78, 5) is 24.8. The van der Waals surface area contributed by atoms with Gasteiger partial charge in [-0.15, -0.1) is 0 Å². The summed E-state index contributed by atoms with van der Waals surface area (Å²) < 4.78 is 39.3. The van der Waals surface area contributed by atoms with E-state index < -0.39 is 23.3 Å². The number of alkyl halides is 3. The van der Waals surface area contributed by atoms with Crippen molar-refractivity contribution in [2.45, 2.75) is 19.5 Å². The number of carbonyl (C=O) groups is 1. The molecule has 1 heterocycles. The Morgan fingerprint density at radius 3 is 2.65 bits per heavy atom. The normalized spacial score (nSPS) is 11.4. The Morgan fingerprint density at radius 1 is 1.38 bits per heavy atom. The van der Waals surface area contributed by atoms with Gasteiger partial charge < -0.3 is 10.0 Å². The first-order valence-corrected chi connectivity index (χ1v) is 7.95. The molecule has 0 unspecified atom stereocenters. The number of benzene rings is 1. The van der Waals surface area contributed by atoms with Crippen LogP contribution in [0.1, 0.15) is 18.9 Å². The van der Waals surface area contributed by atoms with Crippen molar-refractivity contribution >= 4 is 23.3 Å². The lowest BCUT2D eigenvalue weighted by Crippen LogP contribution is -2.33. The summed E-state index contributed by atoms with van der Waals surface area (Å²) >= 11 is 6.06. The van der Waals surface area contributed by atoms with Gasteiger partial charge in [0.15, 0.2) is 0 Å². The van der Waals surface area contributed by atoms with Crippen molar-refractivity contribution in [1.82, 2.24) is 9.78 Å². The minimum atomic E-state index is -4.57. The number of aromatic nitrogens is 2. The molecule has 0 aliphatic heterocycles. The van der Waals surface area contributed by atoms with Crippen molar-refractivity contribution in [2.75, 3.05) is 18.0 Å². The number of rotatable bonds is 6. The summed E-state index contributed by atoms with van der Waals surface area (Å²) in [6.07, 6.45) is -2.80. The molecule has 1 N–H and O–H groups in total. The van der Waals surface area contributed by atoms with E-state index in [1.54, 1.807) is 0 Å². The van der Waals surface area contributed by atoms with Crippen molar-refractivity contribution < 1.29 is 23.1 Å². The molecule has 0 aliphatic rings. The lowest BCUT2D eigenvalue weighted by Gasteiger charge is -2.23. The quantitative estimate of drug-likeness (QED) is 0.821. The zero-order valence-corrected chi connectivity index (χ0v) is 14.4. The van der Waals surface area contributed by atoms with Crippen LogP contribution in [0, 0.1) is 0 Å². The number of nitrogens with zero attached hydrogens (tertiary/aromatic N) is 3. The lowest BCUT2D eigenvalue weighted by molar-refractivity contribution is -0.137. The first-order chi connectivity index (χ1) is 12.1. The summed E-state index contributed by atoms with van der Waals surface area (Å²) in [5.41, 5.74) is -1.75. The molecular weight excluding hydrogens is 375 g/mol. The molecule has 1 aromatic heterocycles. The van der Waals surface area contributed by atoms with Gasteiger partial charge in [-0.2, -0.15) is 23.0 Å². The van der Waals surface area contributed by atoms with E-state index in [4.69, 9.17) is 16.7 Å². The smallest absolute Gasteiger partial charge is 0.416 e. The second-order valence-corrected chi connectivity index (χ2v) is 5.80. The van der Waals surface area contributed by atoms with E-state index in [0.717, 1.165) is 22.9 Å². The van der Waals surface area contributed by atoms with Crippen LogP contribution in [0.4, 0.5) is 18.9 Å². The average molecular weight is 390 g/mol. The van der Waals surface area contributed by atoms with Gasteiger partial charge in [0.05, 0.1) is 23.1 Å². The second kappa shape index (κ2) is 7.77. The molecule has 0 radical (unpaired) electrons. The summed E-state index contributed by atoms with van der Waals surface area (Å²) in [5, 5.41) is 12.5. The third-order valence-electron chi connectivity index (χ3n) is 3.48. The van der Waals surface area contributed by atoms with Crippen LogP contribution in [0.15, 0.2) is 35.3 Å². The van der Waals surface area contributed by atoms with E-state index in [-0.39, 0.29) is 22.9 Å². The molecular formula is C16H15ClF3N3O3. The van der Waals surface area contributed by atoms with E-state index in [2.05, 4.69) is 5.10 Å². The Kier molecular flexibility index (Phi) is 5.91. The van der Waals surface area contributed by atoms with Crippen molar-refractivity contribution in [3.8, 4) is 5.69 Å². The van der Waals surface area contributed by atoms with Crippen molar-refractivity contribution in [2.24, 2.45) is 0 Å². The van der Waals surface area contributed by atoms with E-state index in [9.17, 15) is 22.8 Å². The third-order valence-corrected chi connectivity index (χ3v) is 3.83. The zero-order valence-electron chi connectivity index (χ0n) is 13.6. The molecule has 10 heteroatoms. The number of halogens is 4. The first-order valence-electron chi connectivity index (χ1n) is 7.57. The van der Waals surface area contributed by atoms with Crippen LogP contribution < -0.4 is 10.5 Å². The molecule has 6 nitrogen and oxygen atoms in total. The van der Waals surface area contributed by atoms with E-state index in [0.29, 0.717) is 13.0 Å². The summed E-state index contributed by atoms with van der Waals surface area (Å²) in [6, 6.07) is 4.11. The van der Waals surface area contributed by atoms with Gasteiger partial charge in [-0.3, -0.25) is 9.59 Å². The van der Waals surface area contributed by atoms with Gasteiger partial charge in [-0.25, -0.2) is 0 Å². The molecule has 0 spiro atoms. The molecule has 0 saturated heterocycles. The molecule has 0 fully saturated rings. The Hall–Kier alpha value is -2.55. The highest BCUT2D eigenvalue weighted by atomic mass is 35.5. The van der Waals surface area contributed by atoms with Crippen LogP contribution >= 0.6 is 11.6 Å². The van der Waals surface area contributed by atoms with Gasteiger partial charge in [-0.05, 0) is 24.6 Å². The molecule has 2 rings (SSSR count). The monoisotopic (exact) mass is 389 g/mol. The first kappa shape index (κ1) is 19.8. The Bertz CT molecular complexity index is 868. The highest BCUT2D eigenvalue weighted by Gasteiger charge is 2.30. The van der Waals surface area contributed by atoms with Gasteiger partial charge in [0.2, 0.25) is 0 Å². The van der Waals surface area contributed by atoms with Crippen LogP contribution in [0.2, 0.25) is 5.02 Å². The van der Waals surface area contributed by atoms with Gasteiger partial charge in [0.25, 0.3) is 5.56 Å². The SMILES string of the molecule is CCCN(CC(=O)O)c1cnn(-c2cccc(C(F)(F)F)c2)c(=O)c1Cl. The molecule has 1 aromatic carbocycles. The molecule has 0 bridgehead atoms. The van der Waals surface area contributed by atoms with Crippen molar-refractivity contribution in [3.05, 3.63) is 51.4 Å². The molecule has 0 amide bonds. The second-order valence-electron chi connectivity index (χ2n) is 5.42. The summed E-state index contributed by atoms with van der Waals surface area (Å²) in [6.45, 7) is 1.75. The fourth-order valence-electron chi connectivity index (χ4n) is 2.36. The Balaban J connectivity index is 2.50. The highest BCUT2D eigenvalue weighted by Crippen LogP contribution is 2.30. The lowest BCUT2D eigenvalue weighted by atomic mass is 10.2. The maximum absolute atomic E-state index is 12.8. The minimum absolute atomic E-state index is 0.0986. The van der Waals surface area contributed by atoms with Crippen LogP contribution in [0.25, 0.3) is 5.69 Å². The Morgan fingerprint density at radius 2 is 2.08 bits per heavy atom. The fraction of sp³-hybridized carbons (Fsp3) is 0.312. The average Bonchev–Trinajstić information content (AvgIpc) is 2.56. The zero-order chi connectivity index (χ0) is 19.5. The minimum Gasteiger partial charge on any atom is -0.480 e. The van der Waals surface area contributed by atoms with E-state index >= 15 is 0 Å².